The summed E-state index contributed by atoms with van der Waals surface area (Å²) in [4.78, 5) is 14.8. The number of rotatable bonds is 2. The number of carbonyl (C=O) groups is 1. The van der Waals surface area contributed by atoms with E-state index in [4.69, 9.17) is 0 Å². The second-order valence-electron chi connectivity index (χ2n) is 5.69. The first kappa shape index (κ1) is 14.9. The average molecular weight is 308 g/mol. The maximum atomic E-state index is 13.5. The first-order valence-corrected chi connectivity index (χ1v) is 8.75. The molecule has 0 radical (unpaired) electrons. The monoisotopic (exact) mass is 308 g/mol. The van der Waals surface area contributed by atoms with Crippen LogP contribution in [0.25, 0.3) is 0 Å². The first-order valence-electron chi connectivity index (χ1n) is 7.60. The topological polar surface area (TPSA) is 32.3 Å². The van der Waals surface area contributed by atoms with Crippen molar-refractivity contribution in [1.29, 1.82) is 0 Å². The van der Waals surface area contributed by atoms with Crippen LogP contribution < -0.4 is 5.32 Å². The third-order valence-electron chi connectivity index (χ3n) is 4.33. The Bertz CT molecular complexity index is 505. The molecule has 2 aliphatic heterocycles. The molecule has 0 aromatic heterocycles. The van der Waals surface area contributed by atoms with Crippen LogP contribution in [0.5, 0.6) is 0 Å². The van der Waals surface area contributed by atoms with E-state index in [1.54, 1.807) is 12.1 Å². The lowest BCUT2D eigenvalue weighted by atomic mass is 9.97. The van der Waals surface area contributed by atoms with E-state index in [0.717, 1.165) is 36.5 Å². The van der Waals surface area contributed by atoms with Gasteiger partial charge in [-0.15, -0.1) is 0 Å². The Balaban J connectivity index is 1.79. The van der Waals surface area contributed by atoms with Crippen molar-refractivity contribution >= 4 is 17.7 Å². The lowest BCUT2D eigenvalue weighted by molar-refractivity contribution is -0.139. The molecular formula is C16H21FN2OS. The van der Waals surface area contributed by atoms with Gasteiger partial charge in [0.25, 0.3) is 0 Å². The zero-order valence-corrected chi connectivity index (χ0v) is 12.9. The minimum Gasteiger partial charge on any atom is -0.333 e. The first-order chi connectivity index (χ1) is 10.3. The summed E-state index contributed by atoms with van der Waals surface area (Å²) in [5.41, 5.74) is 0.890. The Hall–Kier alpha value is -1.07. The highest BCUT2D eigenvalue weighted by Crippen LogP contribution is 2.29. The Morgan fingerprint density at radius 2 is 2.14 bits per heavy atom. The normalized spacial score (nSPS) is 24.0. The number of nitrogens with zero attached hydrogens (tertiary/aromatic N) is 1. The van der Waals surface area contributed by atoms with E-state index in [0.29, 0.717) is 13.1 Å². The van der Waals surface area contributed by atoms with Crippen molar-refractivity contribution in [2.45, 2.75) is 18.9 Å². The third kappa shape index (κ3) is 3.40. The van der Waals surface area contributed by atoms with E-state index in [1.807, 2.05) is 22.7 Å². The van der Waals surface area contributed by atoms with Crippen LogP contribution in [0, 0.1) is 11.7 Å². The van der Waals surface area contributed by atoms with Crippen molar-refractivity contribution in [3.05, 3.63) is 35.6 Å². The molecule has 3 nitrogen and oxygen atoms in total. The number of nitrogens with one attached hydrogen (secondary N) is 1. The number of benzene rings is 1. The molecule has 1 atom stereocenters. The summed E-state index contributed by atoms with van der Waals surface area (Å²) < 4.78 is 13.5. The van der Waals surface area contributed by atoms with Gasteiger partial charge in [0.15, 0.2) is 0 Å². The standard InChI is InChI=1S/C16H21FN2OS/c17-14-3-1-2-13(10-14)15-11-18-6-7-19(15)16(20)12-4-8-21-9-5-12/h1-3,10,12,15,18H,4-9,11H2. The lowest BCUT2D eigenvalue weighted by Gasteiger charge is -2.39. The Labute approximate surface area is 129 Å². The molecule has 2 aliphatic rings. The predicted molar refractivity (Wildman–Crippen MR) is 83.8 cm³/mol. The van der Waals surface area contributed by atoms with E-state index in [2.05, 4.69) is 5.32 Å². The van der Waals surface area contributed by atoms with Crippen LogP contribution >= 0.6 is 11.8 Å². The van der Waals surface area contributed by atoms with E-state index in [9.17, 15) is 9.18 Å². The fraction of sp³-hybridized carbons (Fsp3) is 0.562. The number of hydrogen-bond acceptors (Lipinski definition) is 3. The SMILES string of the molecule is O=C(C1CCSCC1)N1CCNCC1c1cccc(F)c1. The van der Waals surface area contributed by atoms with Crippen LogP contribution in [0.3, 0.4) is 0 Å². The molecular weight excluding hydrogens is 287 g/mol. The quantitative estimate of drug-likeness (QED) is 0.911. The number of thioether (sulfide) groups is 1. The summed E-state index contributed by atoms with van der Waals surface area (Å²) in [5, 5.41) is 3.32. The van der Waals surface area contributed by atoms with Crippen LogP contribution in [0.15, 0.2) is 24.3 Å². The van der Waals surface area contributed by atoms with E-state index >= 15 is 0 Å². The third-order valence-corrected chi connectivity index (χ3v) is 5.38. The number of piperazine rings is 1. The summed E-state index contributed by atoms with van der Waals surface area (Å²) in [6.07, 6.45) is 1.95. The predicted octanol–water partition coefficient (Wildman–Crippen LogP) is 2.44. The largest absolute Gasteiger partial charge is 0.333 e. The van der Waals surface area contributed by atoms with Gasteiger partial charge in [-0.3, -0.25) is 4.79 Å². The number of hydrogen-bond donors (Lipinski definition) is 1. The smallest absolute Gasteiger partial charge is 0.226 e. The van der Waals surface area contributed by atoms with Crippen LogP contribution in [-0.2, 0) is 4.79 Å². The van der Waals surface area contributed by atoms with Crippen molar-refractivity contribution in [2.75, 3.05) is 31.1 Å². The fourth-order valence-corrected chi connectivity index (χ4v) is 4.27. The van der Waals surface area contributed by atoms with Gasteiger partial charge in [0, 0.05) is 25.6 Å². The molecule has 1 amide bonds. The zero-order chi connectivity index (χ0) is 14.7. The van der Waals surface area contributed by atoms with Crippen LogP contribution in [-0.4, -0.2) is 41.9 Å². The molecule has 114 valence electrons. The van der Waals surface area contributed by atoms with E-state index in [-0.39, 0.29) is 23.7 Å². The van der Waals surface area contributed by atoms with Crippen molar-refractivity contribution < 1.29 is 9.18 Å². The summed E-state index contributed by atoms with van der Waals surface area (Å²) in [5.74, 6) is 2.33. The Morgan fingerprint density at radius 3 is 2.90 bits per heavy atom. The molecule has 1 N–H and O–H groups in total. The van der Waals surface area contributed by atoms with E-state index in [1.165, 1.54) is 6.07 Å². The fourth-order valence-electron chi connectivity index (χ4n) is 3.16. The van der Waals surface area contributed by atoms with Gasteiger partial charge in [0.05, 0.1) is 6.04 Å². The molecule has 3 rings (SSSR count). The van der Waals surface area contributed by atoms with E-state index < -0.39 is 0 Å². The molecule has 21 heavy (non-hydrogen) atoms. The van der Waals surface area contributed by atoms with Gasteiger partial charge < -0.3 is 10.2 Å². The van der Waals surface area contributed by atoms with Gasteiger partial charge in [-0.25, -0.2) is 4.39 Å². The lowest BCUT2D eigenvalue weighted by Crippen LogP contribution is -2.50. The minimum atomic E-state index is -0.237. The van der Waals surface area contributed by atoms with Gasteiger partial charge >= 0.3 is 0 Å². The molecule has 2 saturated heterocycles. The van der Waals surface area contributed by atoms with Crippen LogP contribution in [0.1, 0.15) is 24.4 Å². The molecule has 1 unspecified atom stereocenters. The van der Waals surface area contributed by atoms with Gasteiger partial charge in [-0.1, -0.05) is 12.1 Å². The summed E-state index contributed by atoms with van der Waals surface area (Å²) in [6.45, 7) is 2.24. The van der Waals surface area contributed by atoms with Gasteiger partial charge in [0.2, 0.25) is 5.91 Å². The van der Waals surface area contributed by atoms with Crippen LogP contribution in [0.4, 0.5) is 4.39 Å². The maximum Gasteiger partial charge on any atom is 0.226 e. The minimum absolute atomic E-state index is 0.0449. The van der Waals surface area contributed by atoms with Gasteiger partial charge in [-0.05, 0) is 42.0 Å². The highest BCUT2D eigenvalue weighted by molar-refractivity contribution is 7.99. The molecule has 0 spiro atoms. The Kier molecular flexibility index (Phi) is 4.80. The zero-order valence-electron chi connectivity index (χ0n) is 12.1. The molecule has 1 aromatic rings. The second-order valence-corrected chi connectivity index (χ2v) is 6.92. The number of carbonyl (C=O) groups excluding carboxylic acids is 1. The summed E-state index contributed by atoms with van der Waals surface area (Å²) >= 11 is 1.93. The molecule has 5 heteroatoms. The average Bonchev–Trinajstić information content (AvgIpc) is 2.55. The van der Waals surface area contributed by atoms with Crippen molar-refractivity contribution in [1.82, 2.24) is 10.2 Å². The molecule has 0 bridgehead atoms. The van der Waals surface area contributed by atoms with Crippen molar-refractivity contribution in [3.8, 4) is 0 Å². The molecule has 0 saturated carbocycles. The highest BCUT2D eigenvalue weighted by atomic mass is 32.2. The summed E-state index contributed by atoms with van der Waals surface area (Å²) in [6, 6.07) is 6.59. The highest BCUT2D eigenvalue weighted by Gasteiger charge is 2.33. The molecule has 1 aromatic carbocycles. The molecule has 2 fully saturated rings. The number of amides is 1. The maximum absolute atomic E-state index is 13.5. The van der Waals surface area contributed by atoms with Crippen molar-refractivity contribution in [2.24, 2.45) is 5.92 Å². The molecule has 2 heterocycles. The summed E-state index contributed by atoms with van der Waals surface area (Å²) in [7, 11) is 0. The van der Waals surface area contributed by atoms with Crippen LogP contribution in [0.2, 0.25) is 0 Å². The van der Waals surface area contributed by atoms with Crippen molar-refractivity contribution in [3.63, 3.8) is 0 Å². The van der Waals surface area contributed by atoms with Gasteiger partial charge in [-0.2, -0.15) is 11.8 Å². The number of halogens is 1. The Morgan fingerprint density at radius 1 is 1.33 bits per heavy atom. The van der Waals surface area contributed by atoms with Gasteiger partial charge in [0.1, 0.15) is 5.82 Å². The molecule has 0 aliphatic carbocycles. The second kappa shape index (κ2) is 6.79.